The van der Waals surface area contributed by atoms with Gasteiger partial charge in [-0.05, 0) is 37.5 Å². The van der Waals surface area contributed by atoms with Crippen LogP contribution in [0.3, 0.4) is 0 Å². The van der Waals surface area contributed by atoms with Gasteiger partial charge in [-0.25, -0.2) is 4.39 Å². The van der Waals surface area contributed by atoms with E-state index in [9.17, 15) is 4.39 Å². The third-order valence-corrected chi connectivity index (χ3v) is 2.70. The number of allylic oxidation sites excluding steroid dienone is 4. The summed E-state index contributed by atoms with van der Waals surface area (Å²) in [7, 11) is 1.85. The molecular weight excluding hydrogens is 189 g/mol. The predicted molar refractivity (Wildman–Crippen MR) is 63.1 cm³/mol. The maximum atomic E-state index is 14.0. The first-order chi connectivity index (χ1) is 6.73. The molecule has 1 heterocycles. The van der Waals surface area contributed by atoms with Gasteiger partial charge in [-0.2, -0.15) is 0 Å². The molecule has 1 aliphatic rings. The van der Waals surface area contributed by atoms with Crippen molar-refractivity contribution in [2.24, 2.45) is 5.92 Å². The molecular formula is C13H20FN. The molecule has 1 nitrogen and oxygen atoms in total. The second-order valence-corrected chi connectivity index (χ2v) is 4.85. The molecule has 0 aromatic carbocycles. The van der Waals surface area contributed by atoms with Crippen LogP contribution in [0.25, 0.3) is 0 Å². The van der Waals surface area contributed by atoms with Gasteiger partial charge >= 0.3 is 0 Å². The summed E-state index contributed by atoms with van der Waals surface area (Å²) >= 11 is 0. The normalized spacial score (nSPS) is 18.1. The van der Waals surface area contributed by atoms with Crippen molar-refractivity contribution in [3.8, 4) is 0 Å². The highest BCUT2D eigenvalue weighted by atomic mass is 19.1. The molecule has 0 saturated heterocycles. The highest BCUT2D eigenvalue weighted by molar-refractivity contribution is 5.40. The first kappa shape index (κ1) is 12.0. The second-order valence-electron chi connectivity index (χ2n) is 4.85. The van der Waals surface area contributed by atoms with Gasteiger partial charge in [0.25, 0.3) is 0 Å². The van der Waals surface area contributed by atoms with E-state index in [0.29, 0.717) is 11.6 Å². The molecule has 0 aliphatic carbocycles. The molecule has 84 valence electrons. The molecule has 0 atom stereocenters. The van der Waals surface area contributed by atoms with Gasteiger partial charge in [-0.3, -0.25) is 0 Å². The minimum Gasteiger partial charge on any atom is -0.346 e. The molecule has 0 fully saturated rings. The molecule has 0 aromatic heterocycles. The van der Waals surface area contributed by atoms with Crippen LogP contribution in [0.15, 0.2) is 35.7 Å². The fraction of sp³-hybridized carbons (Fsp3) is 0.538. The van der Waals surface area contributed by atoms with E-state index in [1.807, 2.05) is 24.1 Å². The van der Waals surface area contributed by atoms with Gasteiger partial charge in [0.15, 0.2) is 0 Å². The molecule has 0 saturated carbocycles. The number of hydrogen-bond acceptors (Lipinski definition) is 1. The van der Waals surface area contributed by atoms with E-state index >= 15 is 0 Å². The van der Waals surface area contributed by atoms with Gasteiger partial charge in [0.2, 0.25) is 0 Å². The fourth-order valence-electron chi connectivity index (χ4n) is 1.64. The minimum absolute atomic E-state index is 0.396. The van der Waals surface area contributed by atoms with E-state index in [1.165, 1.54) is 0 Å². The Balaban J connectivity index is 3.15. The van der Waals surface area contributed by atoms with E-state index in [1.54, 1.807) is 13.8 Å². The molecule has 0 N–H and O–H groups in total. The van der Waals surface area contributed by atoms with Crippen LogP contribution in [0.5, 0.6) is 0 Å². The van der Waals surface area contributed by atoms with Crippen LogP contribution in [0.2, 0.25) is 0 Å². The van der Waals surface area contributed by atoms with E-state index in [0.717, 1.165) is 11.3 Å². The van der Waals surface area contributed by atoms with Crippen LogP contribution in [-0.4, -0.2) is 17.6 Å². The summed E-state index contributed by atoms with van der Waals surface area (Å²) in [5, 5.41) is 0. The van der Waals surface area contributed by atoms with E-state index < -0.39 is 5.67 Å². The third-order valence-electron chi connectivity index (χ3n) is 2.70. The van der Waals surface area contributed by atoms with Crippen LogP contribution < -0.4 is 0 Å². The van der Waals surface area contributed by atoms with Gasteiger partial charge in [-0.15, -0.1) is 0 Å². The maximum absolute atomic E-state index is 14.0. The Labute approximate surface area is 92.0 Å². The maximum Gasteiger partial charge on any atom is 0.145 e. The number of hydrogen-bond donors (Lipinski definition) is 0. The van der Waals surface area contributed by atoms with Gasteiger partial charge in [0.1, 0.15) is 5.67 Å². The van der Waals surface area contributed by atoms with Crippen LogP contribution >= 0.6 is 0 Å². The fourth-order valence-corrected chi connectivity index (χ4v) is 1.64. The lowest BCUT2D eigenvalue weighted by Crippen LogP contribution is -2.31. The third kappa shape index (κ3) is 2.49. The Morgan fingerprint density at radius 3 is 2.27 bits per heavy atom. The van der Waals surface area contributed by atoms with Crippen molar-refractivity contribution in [3.63, 3.8) is 0 Å². The van der Waals surface area contributed by atoms with E-state index in [4.69, 9.17) is 0 Å². The summed E-state index contributed by atoms with van der Waals surface area (Å²) < 4.78 is 14.0. The number of likely N-dealkylation sites (N-methyl/N-ethyl adjacent to an activating group) is 1. The smallest absolute Gasteiger partial charge is 0.145 e. The SMILES string of the molecule is C=C1C=C(C(C)C)C=C(C(C)(C)F)N1C. The quantitative estimate of drug-likeness (QED) is 0.671. The minimum atomic E-state index is -1.33. The number of alkyl halides is 1. The highest BCUT2D eigenvalue weighted by Crippen LogP contribution is 2.32. The van der Waals surface area contributed by atoms with Crippen molar-refractivity contribution < 1.29 is 4.39 Å². The van der Waals surface area contributed by atoms with Crippen molar-refractivity contribution in [3.05, 3.63) is 35.7 Å². The lowest BCUT2D eigenvalue weighted by atomic mass is 9.93. The number of halogens is 1. The highest BCUT2D eigenvalue weighted by Gasteiger charge is 2.28. The first-order valence-electron chi connectivity index (χ1n) is 5.29. The lowest BCUT2D eigenvalue weighted by molar-refractivity contribution is 0.220. The number of nitrogens with zero attached hydrogens (tertiary/aromatic N) is 1. The second kappa shape index (κ2) is 3.84. The summed E-state index contributed by atoms with van der Waals surface area (Å²) in [6, 6.07) is 0. The molecule has 0 unspecified atom stereocenters. The van der Waals surface area contributed by atoms with Crippen molar-refractivity contribution >= 4 is 0 Å². The van der Waals surface area contributed by atoms with Crippen LogP contribution in [0, 0.1) is 5.92 Å². The standard InChI is InChI=1S/C13H20FN/c1-9(2)11-7-10(3)15(6)12(8-11)13(4,5)14/h7-9H,3H2,1-2,4-6H3. The van der Waals surface area contributed by atoms with Gasteiger partial charge < -0.3 is 4.90 Å². The van der Waals surface area contributed by atoms with Crippen LogP contribution in [-0.2, 0) is 0 Å². The topological polar surface area (TPSA) is 3.24 Å². The van der Waals surface area contributed by atoms with Crippen molar-refractivity contribution in [1.29, 1.82) is 0 Å². The van der Waals surface area contributed by atoms with Crippen molar-refractivity contribution in [2.45, 2.75) is 33.4 Å². The Bertz CT molecular complexity index is 329. The Morgan fingerprint density at radius 1 is 1.33 bits per heavy atom. The number of rotatable bonds is 2. The largest absolute Gasteiger partial charge is 0.346 e. The zero-order valence-electron chi connectivity index (χ0n) is 10.3. The summed E-state index contributed by atoms with van der Waals surface area (Å²) in [6.45, 7) is 11.3. The Morgan fingerprint density at radius 2 is 1.87 bits per heavy atom. The van der Waals surface area contributed by atoms with Crippen LogP contribution in [0.1, 0.15) is 27.7 Å². The monoisotopic (exact) mass is 209 g/mol. The average Bonchev–Trinajstić information content (AvgIpc) is 2.06. The summed E-state index contributed by atoms with van der Waals surface area (Å²) in [5.41, 5.74) is 1.34. The van der Waals surface area contributed by atoms with Crippen LogP contribution in [0.4, 0.5) is 4.39 Å². The van der Waals surface area contributed by atoms with Gasteiger partial charge in [-0.1, -0.05) is 20.4 Å². The molecule has 0 bridgehead atoms. The molecule has 0 spiro atoms. The van der Waals surface area contributed by atoms with Gasteiger partial charge in [0.05, 0.1) is 5.70 Å². The molecule has 0 aromatic rings. The Kier molecular flexibility index (Phi) is 3.08. The molecule has 2 heteroatoms. The summed E-state index contributed by atoms with van der Waals surface area (Å²) in [5.74, 6) is 0.396. The molecule has 0 amide bonds. The molecule has 1 rings (SSSR count). The summed E-state index contributed by atoms with van der Waals surface area (Å²) in [6.07, 6.45) is 3.94. The zero-order valence-corrected chi connectivity index (χ0v) is 10.3. The lowest BCUT2D eigenvalue weighted by Gasteiger charge is -2.34. The average molecular weight is 209 g/mol. The van der Waals surface area contributed by atoms with Crippen molar-refractivity contribution in [1.82, 2.24) is 4.90 Å². The zero-order chi connectivity index (χ0) is 11.8. The molecule has 1 aliphatic heterocycles. The first-order valence-corrected chi connectivity index (χ1v) is 5.29. The summed E-state index contributed by atoms with van der Waals surface area (Å²) in [4.78, 5) is 1.81. The molecule has 0 radical (unpaired) electrons. The van der Waals surface area contributed by atoms with Crippen molar-refractivity contribution in [2.75, 3.05) is 7.05 Å². The molecule has 15 heavy (non-hydrogen) atoms. The van der Waals surface area contributed by atoms with Gasteiger partial charge in [0, 0.05) is 12.7 Å². The van der Waals surface area contributed by atoms with E-state index in [2.05, 4.69) is 20.4 Å². The predicted octanol–water partition coefficient (Wildman–Crippen LogP) is 3.66. The van der Waals surface area contributed by atoms with E-state index in [-0.39, 0.29) is 0 Å². The Hall–Kier alpha value is -1.05.